The van der Waals surface area contributed by atoms with Gasteiger partial charge in [0.25, 0.3) is 0 Å². The van der Waals surface area contributed by atoms with Crippen LogP contribution in [0.1, 0.15) is 27.2 Å². The Balaban J connectivity index is 3.77. The maximum atomic E-state index is 11.2. The van der Waals surface area contributed by atoms with E-state index in [1.807, 2.05) is 0 Å². The topological polar surface area (TPSA) is 44.4 Å². The predicted octanol–water partition coefficient (Wildman–Crippen LogP) is 0.442. The van der Waals surface area contributed by atoms with Crippen molar-refractivity contribution in [2.24, 2.45) is 0 Å². The van der Waals surface area contributed by atoms with Gasteiger partial charge in [0, 0.05) is 26.2 Å². The van der Waals surface area contributed by atoms with Gasteiger partial charge in [0.05, 0.1) is 6.54 Å². The Bertz CT molecular complexity index is 171. The van der Waals surface area contributed by atoms with E-state index in [2.05, 4.69) is 36.3 Å². The second kappa shape index (κ2) is 8.68. The van der Waals surface area contributed by atoms with Crippen LogP contribution in [0.3, 0.4) is 0 Å². The highest BCUT2D eigenvalue weighted by atomic mass is 16.1. The van der Waals surface area contributed by atoms with Gasteiger partial charge in [-0.3, -0.25) is 9.69 Å². The van der Waals surface area contributed by atoms with Gasteiger partial charge in [-0.05, 0) is 13.0 Å². The number of likely N-dealkylation sites (N-methyl/N-ethyl adjacent to an activating group) is 1. The van der Waals surface area contributed by atoms with Crippen molar-refractivity contribution in [2.45, 2.75) is 33.2 Å². The zero-order valence-electron chi connectivity index (χ0n) is 10.5. The number of carbonyl (C=O) groups excluding carboxylic acids is 1. The monoisotopic (exact) mass is 215 g/mol. The molecule has 1 amide bonds. The van der Waals surface area contributed by atoms with Gasteiger partial charge in [0.1, 0.15) is 0 Å². The number of rotatable bonds is 8. The van der Waals surface area contributed by atoms with Crippen molar-refractivity contribution < 1.29 is 4.79 Å². The Kier molecular flexibility index (Phi) is 8.33. The van der Waals surface area contributed by atoms with Crippen LogP contribution >= 0.6 is 0 Å². The van der Waals surface area contributed by atoms with Gasteiger partial charge in [-0.25, -0.2) is 0 Å². The van der Waals surface area contributed by atoms with Crippen LogP contribution in [0.5, 0.6) is 0 Å². The van der Waals surface area contributed by atoms with E-state index in [0.29, 0.717) is 12.6 Å². The van der Waals surface area contributed by atoms with Crippen LogP contribution in [0.25, 0.3) is 0 Å². The van der Waals surface area contributed by atoms with Crippen molar-refractivity contribution in [3.8, 4) is 0 Å². The molecule has 0 aromatic rings. The summed E-state index contributed by atoms with van der Waals surface area (Å²) >= 11 is 0. The summed E-state index contributed by atoms with van der Waals surface area (Å²) in [5.41, 5.74) is 0. The molecule has 0 aromatic carbocycles. The molecule has 90 valence electrons. The van der Waals surface area contributed by atoms with Crippen molar-refractivity contribution in [3.63, 3.8) is 0 Å². The van der Waals surface area contributed by atoms with Crippen molar-refractivity contribution in [1.82, 2.24) is 15.5 Å². The quantitative estimate of drug-likeness (QED) is 0.617. The van der Waals surface area contributed by atoms with E-state index in [-0.39, 0.29) is 5.91 Å². The zero-order valence-corrected chi connectivity index (χ0v) is 10.5. The highest BCUT2D eigenvalue weighted by Gasteiger charge is 2.07. The normalized spacial score (nSPS) is 11.1. The first-order chi connectivity index (χ1) is 7.10. The standard InChI is InChI=1S/C11H25N3O/c1-5-7-14(9-11(15)12-4)8-6-13-10(2)3/h10,13H,5-9H2,1-4H3,(H,12,15). The molecule has 0 unspecified atom stereocenters. The van der Waals surface area contributed by atoms with Crippen molar-refractivity contribution in [3.05, 3.63) is 0 Å². The second-order valence-corrected chi connectivity index (χ2v) is 4.06. The maximum Gasteiger partial charge on any atom is 0.233 e. The van der Waals surface area contributed by atoms with Gasteiger partial charge < -0.3 is 10.6 Å². The van der Waals surface area contributed by atoms with Crippen LogP contribution in [-0.2, 0) is 4.79 Å². The lowest BCUT2D eigenvalue weighted by molar-refractivity contribution is -0.121. The summed E-state index contributed by atoms with van der Waals surface area (Å²) in [6, 6.07) is 0.508. The van der Waals surface area contributed by atoms with Crippen LogP contribution in [0.2, 0.25) is 0 Å². The summed E-state index contributed by atoms with van der Waals surface area (Å²) in [5, 5.41) is 6.00. The molecule has 4 heteroatoms. The molecule has 15 heavy (non-hydrogen) atoms. The van der Waals surface area contributed by atoms with Crippen LogP contribution in [0, 0.1) is 0 Å². The minimum Gasteiger partial charge on any atom is -0.358 e. The molecule has 2 N–H and O–H groups in total. The van der Waals surface area contributed by atoms with E-state index in [4.69, 9.17) is 0 Å². The van der Waals surface area contributed by atoms with E-state index in [0.717, 1.165) is 26.1 Å². The molecule has 0 saturated carbocycles. The first-order valence-corrected chi connectivity index (χ1v) is 5.76. The lowest BCUT2D eigenvalue weighted by Gasteiger charge is -2.21. The average Bonchev–Trinajstić information content (AvgIpc) is 2.17. The summed E-state index contributed by atoms with van der Waals surface area (Å²) in [6.07, 6.45) is 1.08. The van der Waals surface area contributed by atoms with Gasteiger partial charge in [0.2, 0.25) is 5.91 Å². The minimum atomic E-state index is 0.0907. The van der Waals surface area contributed by atoms with Crippen LogP contribution in [-0.4, -0.2) is 50.1 Å². The summed E-state index contributed by atoms with van der Waals surface area (Å²) in [6.45, 7) is 9.74. The molecule has 0 aliphatic heterocycles. The fourth-order valence-corrected chi connectivity index (χ4v) is 1.38. The van der Waals surface area contributed by atoms with Crippen LogP contribution in [0.4, 0.5) is 0 Å². The van der Waals surface area contributed by atoms with E-state index in [1.165, 1.54) is 0 Å². The summed E-state index contributed by atoms with van der Waals surface area (Å²) in [5.74, 6) is 0.0907. The lowest BCUT2D eigenvalue weighted by Crippen LogP contribution is -2.40. The number of nitrogens with zero attached hydrogens (tertiary/aromatic N) is 1. The lowest BCUT2D eigenvalue weighted by atomic mass is 10.3. The Morgan fingerprint density at radius 3 is 2.47 bits per heavy atom. The highest BCUT2D eigenvalue weighted by molar-refractivity contribution is 5.77. The molecule has 0 heterocycles. The van der Waals surface area contributed by atoms with Gasteiger partial charge >= 0.3 is 0 Å². The smallest absolute Gasteiger partial charge is 0.233 e. The SMILES string of the molecule is CCCN(CCNC(C)C)CC(=O)NC. The molecule has 0 fully saturated rings. The van der Waals surface area contributed by atoms with Crippen LogP contribution < -0.4 is 10.6 Å². The van der Waals surface area contributed by atoms with Gasteiger partial charge in [-0.15, -0.1) is 0 Å². The van der Waals surface area contributed by atoms with Crippen molar-refractivity contribution in [1.29, 1.82) is 0 Å². The van der Waals surface area contributed by atoms with E-state index in [1.54, 1.807) is 7.05 Å². The molecule has 0 spiro atoms. The number of hydrogen-bond acceptors (Lipinski definition) is 3. The Morgan fingerprint density at radius 2 is 2.00 bits per heavy atom. The molecule has 0 bridgehead atoms. The fourth-order valence-electron chi connectivity index (χ4n) is 1.38. The number of hydrogen-bond donors (Lipinski definition) is 2. The Hall–Kier alpha value is -0.610. The third-order valence-electron chi connectivity index (χ3n) is 2.17. The van der Waals surface area contributed by atoms with E-state index < -0.39 is 0 Å². The first kappa shape index (κ1) is 14.4. The van der Waals surface area contributed by atoms with Crippen molar-refractivity contribution >= 4 is 5.91 Å². The number of amides is 1. The molecule has 0 rings (SSSR count). The molecule has 0 saturated heterocycles. The van der Waals surface area contributed by atoms with E-state index in [9.17, 15) is 4.79 Å². The minimum absolute atomic E-state index is 0.0907. The maximum absolute atomic E-state index is 11.2. The average molecular weight is 215 g/mol. The highest BCUT2D eigenvalue weighted by Crippen LogP contribution is 1.90. The summed E-state index contributed by atoms with van der Waals surface area (Å²) in [4.78, 5) is 13.4. The molecule has 0 aliphatic carbocycles. The molecular formula is C11H25N3O. The number of nitrogens with one attached hydrogen (secondary N) is 2. The molecule has 4 nitrogen and oxygen atoms in total. The molecule has 0 radical (unpaired) electrons. The summed E-state index contributed by atoms with van der Waals surface area (Å²) in [7, 11) is 1.68. The Morgan fingerprint density at radius 1 is 1.33 bits per heavy atom. The van der Waals surface area contributed by atoms with Crippen molar-refractivity contribution in [2.75, 3.05) is 33.2 Å². The first-order valence-electron chi connectivity index (χ1n) is 5.76. The van der Waals surface area contributed by atoms with Gasteiger partial charge in [-0.1, -0.05) is 20.8 Å². The molecule has 0 aliphatic rings. The second-order valence-electron chi connectivity index (χ2n) is 4.06. The third kappa shape index (κ3) is 8.39. The fraction of sp³-hybridized carbons (Fsp3) is 0.909. The summed E-state index contributed by atoms with van der Waals surface area (Å²) < 4.78 is 0. The van der Waals surface area contributed by atoms with E-state index >= 15 is 0 Å². The van der Waals surface area contributed by atoms with Gasteiger partial charge in [0.15, 0.2) is 0 Å². The molecule has 0 aromatic heterocycles. The molecule has 0 atom stereocenters. The van der Waals surface area contributed by atoms with Crippen LogP contribution in [0.15, 0.2) is 0 Å². The number of carbonyl (C=O) groups is 1. The predicted molar refractivity (Wildman–Crippen MR) is 63.9 cm³/mol. The zero-order chi connectivity index (χ0) is 11.7. The largest absolute Gasteiger partial charge is 0.358 e. The van der Waals surface area contributed by atoms with Gasteiger partial charge in [-0.2, -0.15) is 0 Å². The third-order valence-corrected chi connectivity index (χ3v) is 2.17. The Labute approximate surface area is 93.4 Å². The molecular weight excluding hydrogens is 190 g/mol.